The lowest BCUT2D eigenvalue weighted by Gasteiger charge is -2.18. The fourth-order valence-corrected chi connectivity index (χ4v) is 1.67. The molecule has 1 rings (SSSR count). The molecule has 1 aromatic carbocycles. The maximum absolute atomic E-state index is 11.5. The van der Waals surface area contributed by atoms with E-state index in [2.05, 4.69) is 11.2 Å². The number of urea groups is 1. The zero-order valence-corrected chi connectivity index (χ0v) is 13.3. The summed E-state index contributed by atoms with van der Waals surface area (Å²) < 4.78 is 10.9. The first-order chi connectivity index (χ1) is 9.83. The number of anilines is 1. The third-order valence-electron chi connectivity index (χ3n) is 2.51. The SMILES string of the molecule is C#CC(C)OC(C)Oc1ccc(NC(=O)N(C)C)cc1Cl. The van der Waals surface area contributed by atoms with Crippen molar-refractivity contribution < 1.29 is 14.3 Å². The molecule has 0 aromatic heterocycles. The molecule has 0 aliphatic heterocycles. The molecule has 2 unspecified atom stereocenters. The second kappa shape index (κ2) is 7.77. The van der Waals surface area contributed by atoms with E-state index in [-0.39, 0.29) is 12.1 Å². The van der Waals surface area contributed by atoms with E-state index in [9.17, 15) is 4.79 Å². The average molecular weight is 311 g/mol. The molecule has 114 valence electrons. The summed E-state index contributed by atoms with van der Waals surface area (Å²) in [6, 6.07) is 4.73. The summed E-state index contributed by atoms with van der Waals surface area (Å²) in [5.41, 5.74) is 0.580. The molecule has 0 radical (unpaired) electrons. The number of benzene rings is 1. The topological polar surface area (TPSA) is 50.8 Å². The fourth-order valence-electron chi connectivity index (χ4n) is 1.44. The van der Waals surface area contributed by atoms with Crippen LogP contribution in [0.15, 0.2) is 18.2 Å². The summed E-state index contributed by atoms with van der Waals surface area (Å²) in [6.45, 7) is 3.48. The van der Waals surface area contributed by atoms with Crippen LogP contribution in [0.5, 0.6) is 5.75 Å². The number of carbonyl (C=O) groups excluding carboxylic acids is 1. The van der Waals surface area contributed by atoms with Crippen molar-refractivity contribution in [2.75, 3.05) is 19.4 Å². The molecule has 0 fully saturated rings. The Hall–Kier alpha value is -1.90. The predicted octanol–water partition coefficient (Wildman–Crippen LogP) is 3.20. The van der Waals surface area contributed by atoms with E-state index in [1.807, 2.05) is 0 Å². The lowest BCUT2D eigenvalue weighted by Crippen LogP contribution is -2.27. The highest BCUT2D eigenvalue weighted by Crippen LogP contribution is 2.28. The number of halogens is 1. The smallest absolute Gasteiger partial charge is 0.321 e. The average Bonchev–Trinajstić information content (AvgIpc) is 2.41. The third kappa shape index (κ3) is 5.54. The Balaban J connectivity index is 2.70. The van der Waals surface area contributed by atoms with Crippen LogP contribution in [0, 0.1) is 12.3 Å². The van der Waals surface area contributed by atoms with Gasteiger partial charge in [-0.2, -0.15) is 0 Å². The molecule has 0 bridgehead atoms. The number of nitrogens with zero attached hydrogens (tertiary/aromatic N) is 1. The third-order valence-corrected chi connectivity index (χ3v) is 2.81. The highest BCUT2D eigenvalue weighted by molar-refractivity contribution is 6.32. The van der Waals surface area contributed by atoms with Crippen LogP contribution in [0.4, 0.5) is 10.5 Å². The number of ether oxygens (including phenoxy) is 2. The van der Waals surface area contributed by atoms with Crippen LogP contribution in [0.3, 0.4) is 0 Å². The van der Waals surface area contributed by atoms with Crippen molar-refractivity contribution in [3.63, 3.8) is 0 Å². The Kier molecular flexibility index (Phi) is 6.35. The van der Waals surface area contributed by atoms with Gasteiger partial charge in [-0.1, -0.05) is 17.5 Å². The molecule has 6 heteroatoms. The standard InChI is InChI=1S/C15H19ClN2O3/c1-6-10(2)20-11(3)21-14-8-7-12(9-13(14)16)17-15(19)18(4)5/h1,7-11H,2-5H3,(H,17,19). The molecule has 0 saturated carbocycles. The van der Waals surface area contributed by atoms with Gasteiger partial charge in [0.2, 0.25) is 0 Å². The lowest BCUT2D eigenvalue weighted by molar-refractivity contribution is -0.0830. The van der Waals surface area contributed by atoms with E-state index in [1.165, 1.54) is 4.90 Å². The summed E-state index contributed by atoms with van der Waals surface area (Å²) in [5.74, 6) is 2.91. The Morgan fingerprint density at radius 1 is 1.43 bits per heavy atom. The molecule has 0 aliphatic rings. The monoisotopic (exact) mass is 310 g/mol. The van der Waals surface area contributed by atoms with Crippen LogP contribution in [-0.2, 0) is 4.74 Å². The first-order valence-corrected chi connectivity index (χ1v) is 6.77. The van der Waals surface area contributed by atoms with Crippen LogP contribution in [0.25, 0.3) is 0 Å². The summed E-state index contributed by atoms with van der Waals surface area (Å²) in [6.07, 6.45) is 4.35. The predicted molar refractivity (Wildman–Crippen MR) is 83.6 cm³/mol. The Bertz CT molecular complexity index is 540. The van der Waals surface area contributed by atoms with Gasteiger partial charge in [0.1, 0.15) is 11.9 Å². The van der Waals surface area contributed by atoms with Crippen LogP contribution in [0.2, 0.25) is 5.02 Å². The number of amides is 2. The van der Waals surface area contributed by atoms with Gasteiger partial charge in [0.05, 0.1) is 5.02 Å². The second-order valence-electron chi connectivity index (χ2n) is 4.60. The van der Waals surface area contributed by atoms with Gasteiger partial charge in [-0.3, -0.25) is 0 Å². The maximum atomic E-state index is 11.5. The van der Waals surface area contributed by atoms with E-state index in [0.717, 1.165) is 0 Å². The minimum absolute atomic E-state index is 0.237. The molecular weight excluding hydrogens is 292 g/mol. The summed E-state index contributed by atoms with van der Waals surface area (Å²) in [5, 5.41) is 3.06. The highest BCUT2D eigenvalue weighted by Gasteiger charge is 2.12. The molecule has 0 spiro atoms. The number of terminal acetylenes is 1. The van der Waals surface area contributed by atoms with Crippen molar-refractivity contribution in [2.45, 2.75) is 26.2 Å². The van der Waals surface area contributed by atoms with E-state index in [4.69, 9.17) is 27.5 Å². The van der Waals surface area contributed by atoms with Gasteiger partial charge in [-0.15, -0.1) is 6.42 Å². The molecule has 2 amide bonds. The van der Waals surface area contributed by atoms with Crippen molar-refractivity contribution in [3.05, 3.63) is 23.2 Å². The zero-order chi connectivity index (χ0) is 16.0. The van der Waals surface area contributed by atoms with Gasteiger partial charge < -0.3 is 19.7 Å². The molecule has 0 aliphatic carbocycles. The zero-order valence-electron chi connectivity index (χ0n) is 12.5. The van der Waals surface area contributed by atoms with E-state index in [0.29, 0.717) is 16.5 Å². The number of rotatable bonds is 5. The van der Waals surface area contributed by atoms with E-state index in [1.54, 1.807) is 46.1 Å². The van der Waals surface area contributed by atoms with Crippen LogP contribution in [-0.4, -0.2) is 37.4 Å². The van der Waals surface area contributed by atoms with Crippen LogP contribution in [0.1, 0.15) is 13.8 Å². The van der Waals surface area contributed by atoms with E-state index >= 15 is 0 Å². The molecular formula is C15H19ClN2O3. The van der Waals surface area contributed by atoms with Gasteiger partial charge in [-0.05, 0) is 32.0 Å². The van der Waals surface area contributed by atoms with Crippen LogP contribution < -0.4 is 10.1 Å². The van der Waals surface area contributed by atoms with Crippen molar-refractivity contribution in [3.8, 4) is 18.1 Å². The molecule has 5 nitrogen and oxygen atoms in total. The maximum Gasteiger partial charge on any atom is 0.321 e. The normalized spacial score (nSPS) is 13.0. The number of hydrogen-bond acceptors (Lipinski definition) is 3. The minimum atomic E-state index is -0.532. The van der Waals surface area contributed by atoms with Crippen molar-refractivity contribution in [2.24, 2.45) is 0 Å². The van der Waals surface area contributed by atoms with Gasteiger partial charge in [-0.25, -0.2) is 4.79 Å². The van der Waals surface area contributed by atoms with Gasteiger partial charge in [0, 0.05) is 19.8 Å². The molecule has 2 atom stereocenters. The molecule has 0 heterocycles. The quantitative estimate of drug-likeness (QED) is 0.671. The van der Waals surface area contributed by atoms with Gasteiger partial charge in [0.15, 0.2) is 6.29 Å². The number of carbonyl (C=O) groups is 1. The first kappa shape index (κ1) is 17.2. The van der Waals surface area contributed by atoms with Gasteiger partial charge >= 0.3 is 6.03 Å². The molecule has 0 saturated heterocycles. The Labute approximate surface area is 130 Å². The number of nitrogens with one attached hydrogen (secondary N) is 1. The van der Waals surface area contributed by atoms with Crippen molar-refractivity contribution in [1.82, 2.24) is 4.90 Å². The molecule has 1 N–H and O–H groups in total. The van der Waals surface area contributed by atoms with Crippen molar-refractivity contribution >= 4 is 23.3 Å². The summed E-state index contributed by atoms with van der Waals surface area (Å²) >= 11 is 6.12. The summed E-state index contributed by atoms with van der Waals surface area (Å²) in [4.78, 5) is 13.0. The largest absolute Gasteiger partial charge is 0.464 e. The summed E-state index contributed by atoms with van der Waals surface area (Å²) in [7, 11) is 3.31. The van der Waals surface area contributed by atoms with Crippen LogP contribution >= 0.6 is 11.6 Å². The molecule has 1 aromatic rings. The Morgan fingerprint density at radius 2 is 2.10 bits per heavy atom. The van der Waals surface area contributed by atoms with Gasteiger partial charge in [0.25, 0.3) is 0 Å². The second-order valence-corrected chi connectivity index (χ2v) is 5.01. The first-order valence-electron chi connectivity index (χ1n) is 6.39. The number of hydrogen-bond donors (Lipinski definition) is 1. The van der Waals surface area contributed by atoms with E-state index < -0.39 is 6.29 Å². The fraction of sp³-hybridized carbons (Fsp3) is 0.400. The molecule has 21 heavy (non-hydrogen) atoms. The highest BCUT2D eigenvalue weighted by atomic mass is 35.5. The lowest BCUT2D eigenvalue weighted by atomic mass is 10.3. The minimum Gasteiger partial charge on any atom is -0.464 e. The Morgan fingerprint density at radius 3 is 2.62 bits per heavy atom. The van der Waals surface area contributed by atoms with Crippen molar-refractivity contribution in [1.29, 1.82) is 0 Å².